The van der Waals surface area contributed by atoms with E-state index in [1.165, 1.54) is 0 Å². The van der Waals surface area contributed by atoms with Crippen LogP contribution in [-0.2, 0) is 4.79 Å². The zero-order valence-electron chi connectivity index (χ0n) is 9.39. The summed E-state index contributed by atoms with van der Waals surface area (Å²) in [7, 11) is 3.99. The average molecular weight is 216 g/mol. The monoisotopic (exact) mass is 216 g/mol. The fraction of sp³-hybridized carbons (Fsp3) is 0.900. The van der Waals surface area contributed by atoms with Gasteiger partial charge in [-0.25, -0.2) is 0 Å². The van der Waals surface area contributed by atoms with Gasteiger partial charge in [-0.05, 0) is 27.1 Å². The number of rotatable bonds is 5. The van der Waals surface area contributed by atoms with Crippen LogP contribution in [0.4, 0.5) is 0 Å². The SMILES string of the molecule is CN(C)CCCN1CC(O)CC1C(=O)O. The lowest BCUT2D eigenvalue weighted by Crippen LogP contribution is -2.37. The van der Waals surface area contributed by atoms with Gasteiger partial charge in [-0.2, -0.15) is 0 Å². The quantitative estimate of drug-likeness (QED) is 0.646. The smallest absolute Gasteiger partial charge is 0.321 e. The molecule has 2 atom stereocenters. The molecule has 5 heteroatoms. The molecule has 1 aliphatic rings. The van der Waals surface area contributed by atoms with Gasteiger partial charge in [0.25, 0.3) is 0 Å². The highest BCUT2D eigenvalue weighted by molar-refractivity contribution is 5.74. The van der Waals surface area contributed by atoms with Crippen LogP contribution in [0.2, 0.25) is 0 Å². The van der Waals surface area contributed by atoms with Crippen LogP contribution in [0.1, 0.15) is 12.8 Å². The largest absolute Gasteiger partial charge is 0.480 e. The van der Waals surface area contributed by atoms with Crippen molar-refractivity contribution in [3.63, 3.8) is 0 Å². The van der Waals surface area contributed by atoms with Crippen LogP contribution < -0.4 is 0 Å². The first-order valence-electron chi connectivity index (χ1n) is 5.30. The Hall–Kier alpha value is -0.650. The second kappa shape index (κ2) is 5.44. The number of aliphatic hydroxyl groups excluding tert-OH is 1. The van der Waals surface area contributed by atoms with E-state index in [0.717, 1.165) is 19.5 Å². The third kappa shape index (κ3) is 3.77. The van der Waals surface area contributed by atoms with E-state index in [9.17, 15) is 9.90 Å². The Morgan fingerprint density at radius 1 is 1.53 bits per heavy atom. The molecule has 0 radical (unpaired) electrons. The topological polar surface area (TPSA) is 64.0 Å². The molecule has 1 rings (SSSR count). The molecular weight excluding hydrogens is 196 g/mol. The van der Waals surface area contributed by atoms with Crippen LogP contribution in [0.5, 0.6) is 0 Å². The molecule has 5 nitrogen and oxygen atoms in total. The maximum Gasteiger partial charge on any atom is 0.321 e. The van der Waals surface area contributed by atoms with Gasteiger partial charge in [-0.1, -0.05) is 0 Å². The molecule has 2 N–H and O–H groups in total. The Labute approximate surface area is 90.3 Å². The Balaban J connectivity index is 2.35. The van der Waals surface area contributed by atoms with E-state index < -0.39 is 18.1 Å². The summed E-state index contributed by atoms with van der Waals surface area (Å²) in [5.41, 5.74) is 0. The van der Waals surface area contributed by atoms with Crippen molar-refractivity contribution in [1.29, 1.82) is 0 Å². The third-order valence-electron chi connectivity index (χ3n) is 2.72. The van der Waals surface area contributed by atoms with Crippen LogP contribution in [0.15, 0.2) is 0 Å². The number of β-amino-alcohol motifs (C(OH)–C–C–N with tert-alkyl or cyclic N) is 1. The summed E-state index contributed by atoms with van der Waals surface area (Å²) in [5.74, 6) is -0.823. The molecule has 1 fully saturated rings. The van der Waals surface area contributed by atoms with Gasteiger partial charge >= 0.3 is 5.97 Å². The third-order valence-corrected chi connectivity index (χ3v) is 2.72. The van der Waals surface area contributed by atoms with E-state index in [4.69, 9.17) is 5.11 Å². The van der Waals surface area contributed by atoms with Gasteiger partial charge in [-0.3, -0.25) is 9.69 Å². The second-order valence-electron chi connectivity index (χ2n) is 4.40. The lowest BCUT2D eigenvalue weighted by Gasteiger charge is -2.21. The van der Waals surface area contributed by atoms with Crippen molar-refractivity contribution in [3.05, 3.63) is 0 Å². The Kier molecular flexibility index (Phi) is 4.50. The van der Waals surface area contributed by atoms with Crippen molar-refractivity contribution in [3.8, 4) is 0 Å². The van der Waals surface area contributed by atoms with E-state index in [2.05, 4.69) is 4.90 Å². The molecule has 1 saturated heterocycles. The molecule has 0 aromatic carbocycles. The van der Waals surface area contributed by atoms with Crippen LogP contribution in [-0.4, -0.2) is 71.9 Å². The zero-order valence-corrected chi connectivity index (χ0v) is 9.39. The average Bonchev–Trinajstić information content (AvgIpc) is 2.46. The van der Waals surface area contributed by atoms with Gasteiger partial charge in [-0.15, -0.1) is 0 Å². The number of hydrogen-bond donors (Lipinski definition) is 2. The predicted octanol–water partition coefficient (Wildman–Crippen LogP) is -0.542. The molecule has 0 aromatic rings. The first-order valence-corrected chi connectivity index (χ1v) is 5.30. The second-order valence-corrected chi connectivity index (χ2v) is 4.40. The van der Waals surface area contributed by atoms with Crippen molar-refractivity contribution in [1.82, 2.24) is 9.80 Å². The van der Waals surface area contributed by atoms with E-state index in [0.29, 0.717) is 13.0 Å². The first kappa shape index (κ1) is 12.4. The molecule has 0 saturated carbocycles. The molecule has 2 unspecified atom stereocenters. The summed E-state index contributed by atoms with van der Waals surface area (Å²) >= 11 is 0. The Morgan fingerprint density at radius 3 is 2.73 bits per heavy atom. The van der Waals surface area contributed by atoms with Gasteiger partial charge in [0, 0.05) is 19.5 Å². The molecule has 0 spiro atoms. The summed E-state index contributed by atoms with van der Waals surface area (Å²) in [6, 6.07) is -0.498. The number of nitrogens with zero attached hydrogens (tertiary/aromatic N) is 2. The van der Waals surface area contributed by atoms with Crippen molar-refractivity contribution in [2.45, 2.75) is 25.0 Å². The lowest BCUT2D eigenvalue weighted by atomic mass is 10.2. The van der Waals surface area contributed by atoms with Crippen molar-refractivity contribution < 1.29 is 15.0 Å². The minimum atomic E-state index is -0.823. The minimum absolute atomic E-state index is 0.358. The van der Waals surface area contributed by atoms with E-state index in [1.54, 1.807) is 0 Å². The molecular formula is C10H20N2O3. The molecule has 88 valence electrons. The molecule has 1 aliphatic heterocycles. The van der Waals surface area contributed by atoms with Crippen LogP contribution in [0.3, 0.4) is 0 Å². The molecule has 0 aromatic heterocycles. The minimum Gasteiger partial charge on any atom is -0.480 e. The molecule has 0 amide bonds. The van der Waals surface area contributed by atoms with E-state index in [-0.39, 0.29) is 0 Å². The van der Waals surface area contributed by atoms with Gasteiger partial charge in [0.2, 0.25) is 0 Å². The number of aliphatic carboxylic acids is 1. The summed E-state index contributed by atoms with van der Waals surface area (Å²) in [5, 5.41) is 18.4. The first-order chi connectivity index (χ1) is 7.00. The van der Waals surface area contributed by atoms with Crippen molar-refractivity contribution in [2.75, 3.05) is 33.7 Å². The van der Waals surface area contributed by atoms with Crippen molar-refractivity contribution in [2.24, 2.45) is 0 Å². The van der Waals surface area contributed by atoms with Gasteiger partial charge < -0.3 is 15.1 Å². The van der Waals surface area contributed by atoms with Crippen LogP contribution >= 0.6 is 0 Å². The number of aliphatic hydroxyl groups is 1. The summed E-state index contributed by atoms with van der Waals surface area (Å²) in [6.45, 7) is 2.18. The normalized spacial score (nSPS) is 27.5. The summed E-state index contributed by atoms with van der Waals surface area (Å²) < 4.78 is 0. The number of hydrogen-bond acceptors (Lipinski definition) is 4. The molecule has 15 heavy (non-hydrogen) atoms. The molecule has 0 aliphatic carbocycles. The highest BCUT2D eigenvalue weighted by Gasteiger charge is 2.35. The number of carboxylic acid groups (broad SMARTS) is 1. The zero-order chi connectivity index (χ0) is 11.4. The van der Waals surface area contributed by atoms with Gasteiger partial charge in [0.05, 0.1) is 6.10 Å². The number of carboxylic acids is 1. The molecule has 1 heterocycles. The van der Waals surface area contributed by atoms with Crippen LogP contribution in [0.25, 0.3) is 0 Å². The lowest BCUT2D eigenvalue weighted by molar-refractivity contribution is -0.142. The number of carbonyl (C=O) groups is 1. The highest BCUT2D eigenvalue weighted by Crippen LogP contribution is 2.18. The van der Waals surface area contributed by atoms with Gasteiger partial charge in [0.1, 0.15) is 6.04 Å². The Bertz CT molecular complexity index is 221. The maximum absolute atomic E-state index is 10.9. The fourth-order valence-corrected chi connectivity index (χ4v) is 1.97. The van der Waals surface area contributed by atoms with Gasteiger partial charge in [0.15, 0.2) is 0 Å². The Morgan fingerprint density at radius 2 is 2.20 bits per heavy atom. The summed E-state index contributed by atoms with van der Waals surface area (Å²) in [6.07, 6.45) is 0.811. The predicted molar refractivity (Wildman–Crippen MR) is 56.8 cm³/mol. The molecule has 0 bridgehead atoms. The highest BCUT2D eigenvalue weighted by atomic mass is 16.4. The maximum atomic E-state index is 10.9. The van der Waals surface area contributed by atoms with E-state index in [1.807, 2.05) is 19.0 Å². The summed E-state index contributed by atoms with van der Waals surface area (Å²) in [4.78, 5) is 14.8. The van der Waals surface area contributed by atoms with Crippen LogP contribution in [0, 0.1) is 0 Å². The number of likely N-dealkylation sites (tertiary alicyclic amines) is 1. The standard InChI is InChI=1S/C10H20N2O3/c1-11(2)4-3-5-12-7-8(13)6-9(12)10(14)15/h8-9,13H,3-7H2,1-2H3,(H,14,15). The fourth-order valence-electron chi connectivity index (χ4n) is 1.97. The van der Waals surface area contributed by atoms with E-state index >= 15 is 0 Å². The van der Waals surface area contributed by atoms with Crippen molar-refractivity contribution >= 4 is 5.97 Å².